The van der Waals surface area contributed by atoms with Crippen molar-refractivity contribution < 1.29 is 0 Å². The average molecular weight is 397 g/mol. The van der Waals surface area contributed by atoms with Gasteiger partial charge in [-0.25, -0.2) is 0 Å². The fourth-order valence-electron chi connectivity index (χ4n) is 4.99. The van der Waals surface area contributed by atoms with Crippen LogP contribution in [0.3, 0.4) is 0 Å². The Hall–Kier alpha value is -1.61. The molecule has 152 valence electrons. The van der Waals surface area contributed by atoms with E-state index in [2.05, 4.69) is 43.8 Å². The Labute approximate surface area is 176 Å². The molecule has 0 heterocycles. The second-order valence-electron chi connectivity index (χ2n) is 8.89. The van der Waals surface area contributed by atoms with Crippen LogP contribution in [-0.4, -0.2) is 0 Å². The van der Waals surface area contributed by atoms with Gasteiger partial charge in [0.15, 0.2) is 0 Å². The summed E-state index contributed by atoms with van der Waals surface area (Å²) in [6, 6.07) is 16.0. The van der Waals surface area contributed by atoms with Crippen LogP contribution in [0.4, 0.5) is 11.4 Å². The number of anilines is 2. The van der Waals surface area contributed by atoms with E-state index in [-0.39, 0.29) is 0 Å². The van der Waals surface area contributed by atoms with E-state index in [4.69, 9.17) is 11.5 Å². The lowest BCUT2D eigenvalue weighted by molar-refractivity contribution is 0.165. The van der Waals surface area contributed by atoms with E-state index < -0.39 is 0 Å². The number of nitrogens with two attached hydrogens (primary N) is 2. The topological polar surface area (TPSA) is 52.0 Å². The van der Waals surface area contributed by atoms with Gasteiger partial charge in [0, 0.05) is 16.3 Å². The molecular formula is C25H36N2S. The van der Waals surface area contributed by atoms with Crippen molar-refractivity contribution in [3.63, 3.8) is 0 Å². The van der Waals surface area contributed by atoms with Crippen molar-refractivity contribution in [1.82, 2.24) is 0 Å². The lowest BCUT2D eigenvalue weighted by Crippen LogP contribution is -2.24. The Kier molecular flexibility index (Phi) is 7.73. The highest BCUT2D eigenvalue weighted by Crippen LogP contribution is 2.43. The van der Waals surface area contributed by atoms with Crippen molar-refractivity contribution in [2.24, 2.45) is 17.8 Å². The van der Waals surface area contributed by atoms with Crippen LogP contribution < -0.4 is 11.5 Å². The number of nitrogen functional groups attached to an aromatic ring is 2. The molecule has 0 aliphatic heterocycles. The number of hydrogen-bond donors (Lipinski definition) is 3. The monoisotopic (exact) mass is 396 g/mol. The molecular weight excluding hydrogens is 360 g/mol. The third-order valence-corrected chi connectivity index (χ3v) is 7.07. The molecule has 0 atom stereocenters. The summed E-state index contributed by atoms with van der Waals surface area (Å²) in [5.74, 6) is 3.87. The standard InChI is InChI=1S/C19H28S.C6H8N2/c1-14-2-4-15(5-3-14)16-6-8-17(9-7-16)18-10-12-19(20)13-11-18;7-5-2-1-3-6(8)4-5/h10-17,20H,2-9H2,1H3;1-4H,7-8H2. The first-order chi connectivity index (χ1) is 13.5. The quantitative estimate of drug-likeness (QED) is 0.381. The lowest BCUT2D eigenvalue weighted by Gasteiger charge is -2.37. The zero-order chi connectivity index (χ0) is 19.9. The van der Waals surface area contributed by atoms with Crippen molar-refractivity contribution in [1.29, 1.82) is 0 Å². The second kappa shape index (κ2) is 10.2. The highest BCUT2D eigenvalue weighted by atomic mass is 32.1. The van der Waals surface area contributed by atoms with Gasteiger partial charge in [-0.2, -0.15) is 0 Å². The molecule has 2 saturated carbocycles. The zero-order valence-corrected chi connectivity index (χ0v) is 18.1. The fraction of sp³-hybridized carbons (Fsp3) is 0.520. The van der Waals surface area contributed by atoms with Gasteiger partial charge in [0.1, 0.15) is 0 Å². The van der Waals surface area contributed by atoms with Gasteiger partial charge < -0.3 is 11.5 Å². The summed E-state index contributed by atoms with van der Waals surface area (Å²) >= 11 is 4.39. The Balaban J connectivity index is 0.000000236. The Morgan fingerprint density at radius 2 is 1.21 bits per heavy atom. The van der Waals surface area contributed by atoms with E-state index >= 15 is 0 Å². The molecule has 2 fully saturated rings. The molecule has 0 bridgehead atoms. The predicted molar refractivity (Wildman–Crippen MR) is 125 cm³/mol. The van der Waals surface area contributed by atoms with E-state index in [1.807, 2.05) is 6.07 Å². The van der Waals surface area contributed by atoms with Gasteiger partial charge in [0.25, 0.3) is 0 Å². The first-order valence-electron chi connectivity index (χ1n) is 10.9. The third-order valence-electron chi connectivity index (χ3n) is 6.77. The normalized spacial score (nSPS) is 27.5. The van der Waals surface area contributed by atoms with Crippen LogP contribution in [0.5, 0.6) is 0 Å². The van der Waals surface area contributed by atoms with Crippen molar-refractivity contribution in [2.45, 2.75) is 69.1 Å². The number of rotatable bonds is 2. The van der Waals surface area contributed by atoms with E-state index in [1.165, 1.54) is 51.4 Å². The molecule has 4 N–H and O–H groups in total. The Morgan fingerprint density at radius 3 is 1.68 bits per heavy atom. The zero-order valence-electron chi connectivity index (χ0n) is 17.2. The van der Waals surface area contributed by atoms with E-state index in [9.17, 15) is 0 Å². The molecule has 0 radical (unpaired) electrons. The van der Waals surface area contributed by atoms with E-state index in [1.54, 1.807) is 23.8 Å². The van der Waals surface area contributed by atoms with E-state index in [0.29, 0.717) is 11.4 Å². The molecule has 28 heavy (non-hydrogen) atoms. The van der Waals surface area contributed by atoms with Gasteiger partial charge in [-0.1, -0.05) is 38.0 Å². The van der Waals surface area contributed by atoms with Crippen molar-refractivity contribution >= 4 is 24.0 Å². The van der Waals surface area contributed by atoms with Gasteiger partial charge in [0.05, 0.1) is 0 Å². The molecule has 3 heteroatoms. The summed E-state index contributed by atoms with van der Waals surface area (Å²) in [5, 5.41) is 0. The fourth-order valence-corrected chi connectivity index (χ4v) is 5.14. The van der Waals surface area contributed by atoms with Crippen LogP contribution in [0.1, 0.15) is 69.8 Å². The summed E-state index contributed by atoms with van der Waals surface area (Å²) in [5.41, 5.74) is 13.7. The number of benzene rings is 2. The summed E-state index contributed by atoms with van der Waals surface area (Å²) in [7, 11) is 0. The van der Waals surface area contributed by atoms with Gasteiger partial charge in [-0.15, -0.1) is 12.6 Å². The number of thiol groups is 1. The van der Waals surface area contributed by atoms with Crippen LogP contribution >= 0.6 is 12.6 Å². The minimum Gasteiger partial charge on any atom is -0.399 e. The molecule has 0 unspecified atom stereocenters. The summed E-state index contributed by atoms with van der Waals surface area (Å²) in [6.45, 7) is 2.43. The largest absolute Gasteiger partial charge is 0.399 e. The molecule has 2 aromatic rings. The molecule has 2 aliphatic carbocycles. The molecule has 0 spiro atoms. The maximum absolute atomic E-state index is 5.38. The van der Waals surface area contributed by atoms with Crippen molar-refractivity contribution in [3.05, 3.63) is 54.1 Å². The maximum Gasteiger partial charge on any atom is 0.0334 e. The lowest BCUT2D eigenvalue weighted by atomic mass is 9.68. The summed E-state index contributed by atoms with van der Waals surface area (Å²) < 4.78 is 0. The first-order valence-corrected chi connectivity index (χ1v) is 11.4. The van der Waals surface area contributed by atoms with E-state index in [0.717, 1.165) is 28.6 Å². The Bertz CT molecular complexity index is 694. The van der Waals surface area contributed by atoms with Gasteiger partial charge in [0.2, 0.25) is 0 Å². The molecule has 2 aromatic carbocycles. The second-order valence-corrected chi connectivity index (χ2v) is 9.41. The van der Waals surface area contributed by atoms with Crippen LogP contribution in [0.25, 0.3) is 0 Å². The molecule has 0 aromatic heterocycles. The van der Waals surface area contributed by atoms with Crippen LogP contribution in [0, 0.1) is 17.8 Å². The van der Waals surface area contributed by atoms with Crippen molar-refractivity contribution in [3.8, 4) is 0 Å². The molecule has 0 saturated heterocycles. The third kappa shape index (κ3) is 6.20. The molecule has 2 nitrogen and oxygen atoms in total. The number of hydrogen-bond acceptors (Lipinski definition) is 3. The minimum atomic E-state index is 0.713. The molecule has 4 rings (SSSR count). The van der Waals surface area contributed by atoms with Gasteiger partial charge in [-0.05, 0) is 98.1 Å². The highest BCUT2D eigenvalue weighted by Gasteiger charge is 2.30. The molecule has 0 amide bonds. The van der Waals surface area contributed by atoms with Crippen LogP contribution in [0.2, 0.25) is 0 Å². The highest BCUT2D eigenvalue weighted by molar-refractivity contribution is 7.80. The van der Waals surface area contributed by atoms with Crippen molar-refractivity contribution in [2.75, 3.05) is 11.5 Å². The minimum absolute atomic E-state index is 0.713. The van der Waals surface area contributed by atoms with Crippen LogP contribution in [0.15, 0.2) is 53.4 Å². The average Bonchev–Trinajstić information content (AvgIpc) is 2.70. The first kappa shape index (κ1) is 21.1. The van der Waals surface area contributed by atoms with Gasteiger partial charge >= 0.3 is 0 Å². The molecule has 2 aliphatic rings. The predicted octanol–water partition coefficient (Wildman–Crippen LogP) is 6.93. The summed E-state index contributed by atoms with van der Waals surface area (Å²) in [4.78, 5) is 1.08. The summed E-state index contributed by atoms with van der Waals surface area (Å²) in [6.07, 6.45) is 11.7. The van der Waals surface area contributed by atoms with Gasteiger partial charge in [-0.3, -0.25) is 0 Å². The Morgan fingerprint density at radius 1 is 0.714 bits per heavy atom. The maximum atomic E-state index is 5.38. The van der Waals surface area contributed by atoms with Crippen LogP contribution in [-0.2, 0) is 0 Å². The SMILES string of the molecule is CC1CCC(C2CCC(c3ccc(S)cc3)CC2)CC1.Nc1cccc(N)c1. The smallest absolute Gasteiger partial charge is 0.0334 e.